The van der Waals surface area contributed by atoms with Crippen LogP contribution in [0.2, 0.25) is 0 Å². The van der Waals surface area contributed by atoms with Crippen LogP contribution in [0.4, 0.5) is 0 Å². The Bertz CT molecular complexity index is 624. The first kappa shape index (κ1) is 13.5. The standard InChI is InChI=1S/C14H17N3O2S/c1-10-15-12(7-14(18)16-10)13-9-19-5-4-17(13)8-11-3-2-6-20-11/h2-3,6-7,13H,4-5,8-9H2,1H3,(H,15,16,18)/t13-/m1/s1. The van der Waals surface area contributed by atoms with Crippen molar-refractivity contribution in [2.24, 2.45) is 0 Å². The predicted octanol–water partition coefficient (Wildman–Crippen LogP) is 1.71. The first-order valence-corrected chi connectivity index (χ1v) is 7.52. The fourth-order valence-electron chi connectivity index (χ4n) is 2.48. The van der Waals surface area contributed by atoms with E-state index in [9.17, 15) is 4.79 Å². The van der Waals surface area contributed by atoms with Crippen LogP contribution in [0, 0.1) is 6.92 Å². The number of nitrogens with one attached hydrogen (secondary N) is 1. The average Bonchev–Trinajstić information content (AvgIpc) is 2.91. The van der Waals surface area contributed by atoms with Gasteiger partial charge in [0, 0.05) is 24.0 Å². The van der Waals surface area contributed by atoms with E-state index in [2.05, 4.69) is 32.4 Å². The molecule has 1 fully saturated rings. The van der Waals surface area contributed by atoms with Crippen LogP contribution >= 0.6 is 11.3 Å². The van der Waals surface area contributed by atoms with E-state index in [0.717, 1.165) is 25.4 Å². The molecule has 1 N–H and O–H groups in total. The van der Waals surface area contributed by atoms with E-state index < -0.39 is 0 Å². The molecule has 3 rings (SSSR count). The second-order valence-electron chi connectivity index (χ2n) is 4.90. The SMILES string of the molecule is Cc1nc([C@H]2COCCN2Cc2cccs2)cc(=O)[nH]1. The van der Waals surface area contributed by atoms with E-state index in [0.29, 0.717) is 12.4 Å². The Morgan fingerprint density at radius 3 is 3.25 bits per heavy atom. The molecule has 2 aromatic heterocycles. The Balaban J connectivity index is 1.86. The third-order valence-electron chi connectivity index (χ3n) is 3.40. The van der Waals surface area contributed by atoms with Crippen LogP contribution in [0.25, 0.3) is 0 Å². The number of hydrogen-bond acceptors (Lipinski definition) is 5. The van der Waals surface area contributed by atoms with Crippen molar-refractivity contribution in [2.45, 2.75) is 19.5 Å². The van der Waals surface area contributed by atoms with Crippen molar-refractivity contribution in [2.75, 3.05) is 19.8 Å². The number of aryl methyl sites for hydroxylation is 1. The van der Waals surface area contributed by atoms with E-state index in [1.807, 2.05) is 0 Å². The molecule has 6 heteroatoms. The molecule has 1 aliphatic rings. The minimum atomic E-state index is -0.103. The van der Waals surface area contributed by atoms with Gasteiger partial charge in [-0.25, -0.2) is 4.98 Å². The van der Waals surface area contributed by atoms with Gasteiger partial charge in [0.2, 0.25) is 0 Å². The number of rotatable bonds is 3. The normalized spacial score (nSPS) is 20.1. The van der Waals surface area contributed by atoms with Gasteiger partial charge in [0.1, 0.15) is 5.82 Å². The zero-order valence-corrected chi connectivity index (χ0v) is 12.2. The molecular formula is C14H17N3O2S. The molecule has 2 aromatic rings. The highest BCUT2D eigenvalue weighted by Crippen LogP contribution is 2.25. The summed E-state index contributed by atoms with van der Waals surface area (Å²) >= 11 is 1.75. The maximum absolute atomic E-state index is 11.6. The number of ether oxygens (including phenoxy) is 1. The number of H-pyrrole nitrogens is 1. The largest absolute Gasteiger partial charge is 0.378 e. The van der Waals surface area contributed by atoms with Crippen molar-refractivity contribution < 1.29 is 4.74 Å². The van der Waals surface area contributed by atoms with Gasteiger partial charge in [-0.15, -0.1) is 11.3 Å². The average molecular weight is 291 g/mol. The van der Waals surface area contributed by atoms with Gasteiger partial charge in [0.05, 0.1) is 24.9 Å². The highest BCUT2D eigenvalue weighted by molar-refractivity contribution is 7.09. The molecule has 0 spiro atoms. The highest BCUT2D eigenvalue weighted by atomic mass is 32.1. The Hall–Kier alpha value is -1.50. The minimum Gasteiger partial charge on any atom is -0.378 e. The van der Waals surface area contributed by atoms with Gasteiger partial charge in [0.15, 0.2) is 0 Å². The molecule has 0 saturated carbocycles. The van der Waals surface area contributed by atoms with Crippen molar-refractivity contribution in [3.63, 3.8) is 0 Å². The molecule has 106 valence electrons. The summed E-state index contributed by atoms with van der Waals surface area (Å²) in [4.78, 5) is 22.4. The van der Waals surface area contributed by atoms with Gasteiger partial charge in [0.25, 0.3) is 5.56 Å². The maximum atomic E-state index is 11.6. The second kappa shape index (κ2) is 5.87. The van der Waals surface area contributed by atoms with Crippen molar-refractivity contribution in [3.8, 4) is 0 Å². The number of aromatic amines is 1. The molecule has 1 atom stereocenters. The summed E-state index contributed by atoms with van der Waals surface area (Å²) in [7, 11) is 0. The molecule has 5 nitrogen and oxygen atoms in total. The van der Waals surface area contributed by atoms with Gasteiger partial charge in [-0.05, 0) is 18.4 Å². The van der Waals surface area contributed by atoms with E-state index in [1.165, 1.54) is 4.88 Å². The van der Waals surface area contributed by atoms with Crippen molar-refractivity contribution >= 4 is 11.3 Å². The lowest BCUT2D eigenvalue weighted by molar-refractivity contribution is -0.0139. The Morgan fingerprint density at radius 1 is 1.60 bits per heavy atom. The van der Waals surface area contributed by atoms with Gasteiger partial charge in [-0.3, -0.25) is 9.69 Å². The van der Waals surface area contributed by atoms with Crippen LogP contribution < -0.4 is 5.56 Å². The summed E-state index contributed by atoms with van der Waals surface area (Å²) in [5.74, 6) is 0.647. The van der Waals surface area contributed by atoms with E-state index in [1.54, 1.807) is 24.3 Å². The molecule has 0 bridgehead atoms. The third-order valence-corrected chi connectivity index (χ3v) is 4.26. The lowest BCUT2D eigenvalue weighted by Gasteiger charge is -2.34. The summed E-state index contributed by atoms with van der Waals surface area (Å²) in [6.07, 6.45) is 0. The van der Waals surface area contributed by atoms with E-state index in [-0.39, 0.29) is 11.6 Å². The molecule has 20 heavy (non-hydrogen) atoms. The summed E-state index contributed by atoms with van der Waals surface area (Å²) < 4.78 is 5.58. The van der Waals surface area contributed by atoms with Gasteiger partial charge < -0.3 is 9.72 Å². The Kier molecular flexibility index (Phi) is 3.95. The number of aromatic nitrogens is 2. The zero-order chi connectivity index (χ0) is 13.9. The minimum absolute atomic E-state index is 0.0480. The molecule has 0 aliphatic carbocycles. The molecular weight excluding hydrogens is 274 g/mol. The first-order chi connectivity index (χ1) is 9.72. The highest BCUT2D eigenvalue weighted by Gasteiger charge is 2.26. The predicted molar refractivity (Wildman–Crippen MR) is 77.9 cm³/mol. The van der Waals surface area contributed by atoms with Crippen LogP contribution in [0.15, 0.2) is 28.4 Å². The van der Waals surface area contributed by atoms with Gasteiger partial charge in [-0.2, -0.15) is 0 Å². The topological polar surface area (TPSA) is 58.2 Å². The van der Waals surface area contributed by atoms with Gasteiger partial charge >= 0.3 is 0 Å². The van der Waals surface area contributed by atoms with Gasteiger partial charge in [-0.1, -0.05) is 6.07 Å². The molecule has 0 amide bonds. The fraction of sp³-hybridized carbons (Fsp3) is 0.429. The van der Waals surface area contributed by atoms with Crippen LogP contribution in [0.5, 0.6) is 0 Å². The summed E-state index contributed by atoms with van der Waals surface area (Å²) in [6, 6.07) is 5.82. The molecule has 1 aliphatic heterocycles. The summed E-state index contributed by atoms with van der Waals surface area (Å²) in [6.45, 7) is 4.85. The quantitative estimate of drug-likeness (QED) is 0.935. The van der Waals surface area contributed by atoms with Crippen LogP contribution in [0.1, 0.15) is 22.4 Å². The molecule has 0 unspecified atom stereocenters. The van der Waals surface area contributed by atoms with Crippen molar-refractivity contribution in [1.29, 1.82) is 0 Å². The number of morpholine rings is 1. The molecule has 3 heterocycles. The van der Waals surface area contributed by atoms with Crippen molar-refractivity contribution in [1.82, 2.24) is 14.9 Å². The Labute approximate surface area is 121 Å². The maximum Gasteiger partial charge on any atom is 0.251 e. The Morgan fingerprint density at radius 2 is 2.50 bits per heavy atom. The monoisotopic (exact) mass is 291 g/mol. The molecule has 0 radical (unpaired) electrons. The smallest absolute Gasteiger partial charge is 0.251 e. The third kappa shape index (κ3) is 2.98. The molecule has 0 aromatic carbocycles. The fourth-order valence-corrected chi connectivity index (χ4v) is 3.21. The first-order valence-electron chi connectivity index (χ1n) is 6.64. The van der Waals surface area contributed by atoms with Crippen LogP contribution in [-0.4, -0.2) is 34.6 Å². The number of thiophene rings is 1. The van der Waals surface area contributed by atoms with Crippen LogP contribution in [0.3, 0.4) is 0 Å². The van der Waals surface area contributed by atoms with Crippen LogP contribution in [-0.2, 0) is 11.3 Å². The second-order valence-corrected chi connectivity index (χ2v) is 5.93. The van der Waals surface area contributed by atoms with Crippen molar-refractivity contribution in [3.05, 3.63) is 50.3 Å². The lowest BCUT2D eigenvalue weighted by Crippen LogP contribution is -2.39. The summed E-state index contributed by atoms with van der Waals surface area (Å²) in [5, 5.41) is 2.08. The summed E-state index contributed by atoms with van der Waals surface area (Å²) in [5.41, 5.74) is 0.691. The number of nitrogens with zero attached hydrogens (tertiary/aromatic N) is 2. The van der Waals surface area contributed by atoms with E-state index >= 15 is 0 Å². The molecule has 1 saturated heterocycles. The lowest BCUT2D eigenvalue weighted by atomic mass is 10.1. The number of hydrogen-bond donors (Lipinski definition) is 1. The zero-order valence-electron chi connectivity index (χ0n) is 11.3. The van der Waals surface area contributed by atoms with E-state index in [4.69, 9.17) is 4.74 Å².